The first-order valence-electron chi connectivity index (χ1n) is 5.48. The highest BCUT2D eigenvalue weighted by Gasteiger charge is 2.10. The molecule has 0 fully saturated rings. The largest absolute Gasteiger partial charge is 0.394 e. The second kappa shape index (κ2) is 5.18. The van der Waals surface area contributed by atoms with E-state index in [1.165, 1.54) is 6.20 Å². The van der Waals surface area contributed by atoms with Gasteiger partial charge in [0.2, 0.25) is 5.28 Å². The molecule has 0 amide bonds. The van der Waals surface area contributed by atoms with Gasteiger partial charge in [-0.3, -0.25) is 4.98 Å². The molecular weight excluding hydrogens is 250 g/mol. The molecule has 2 N–H and O–H groups in total. The Bertz CT molecular complexity index is 558. The molecule has 0 saturated heterocycles. The maximum absolute atomic E-state index is 5.83. The van der Waals surface area contributed by atoms with E-state index in [0.717, 1.165) is 11.4 Å². The van der Waals surface area contributed by atoms with Crippen molar-refractivity contribution in [2.45, 2.75) is 13.5 Å². The van der Waals surface area contributed by atoms with E-state index in [0.29, 0.717) is 18.1 Å². The smallest absolute Gasteiger partial charge is 0.224 e. The molecule has 0 bridgehead atoms. The van der Waals surface area contributed by atoms with Crippen LogP contribution in [-0.4, -0.2) is 22.0 Å². The van der Waals surface area contributed by atoms with Gasteiger partial charge in [0.05, 0.1) is 24.1 Å². The summed E-state index contributed by atoms with van der Waals surface area (Å²) in [5.41, 5.74) is 8.25. The summed E-state index contributed by atoms with van der Waals surface area (Å²) in [6, 6.07) is 5.89. The van der Waals surface area contributed by atoms with Crippen molar-refractivity contribution in [3.8, 4) is 0 Å². The summed E-state index contributed by atoms with van der Waals surface area (Å²) < 4.78 is 0. The Morgan fingerprint density at radius 1 is 1.33 bits per heavy atom. The molecule has 2 aromatic rings. The summed E-state index contributed by atoms with van der Waals surface area (Å²) in [4.78, 5) is 14.3. The molecule has 5 nitrogen and oxygen atoms in total. The summed E-state index contributed by atoms with van der Waals surface area (Å²) >= 11 is 5.77. The number of nitrogen functional groups attached to an aromatic ring is 1. The van der Waals surface area contributed by atoms with Gasteiger partial charge in [-0.1, -0.05) is 6.07 Å². The molecule has 0 atom stereocenters. The molecule has 0 aliphatic carbocycles. The fourth-order valence-corrected chi connectivity index (χ4v) is 1.80. The van der Waals surface area contributed by atoms with Crippen molar-refractivity contribution in [2.24, 2.45) is 0 Å². The second-order valence-electron chi connectivity index (χ2n) is 4.04. The van der Waals surface area contributed by atoms with Crippen LogP contribution >= 0.6 is 11.6 Å². The van der Waals surface area contributed by atoms with Gasteiger partial charge in [-0.25, -0.2) is 4.98 Å². The van der Waals surface area contributed by atoms with Crippen molar-refractivity contribution in [1.29, 1.82) is 0 Å². The molecule has 0 aliphatic heterocycles. The molecule has 0 unspecified atom stereocenters. The van der Waals surface area contributed by atoms with E-state index in [-0.39, 0.29) is 5.28 Å². The standard InChI is InChI=1S/C12H14ClN5/c1-8-4-3-5-9(16-8)7-18(2)11-10(14)6-15-12(13)17-11/h3-6H,7,14H2,1-2H3. The van der Waals surface area contributed by atoms with Gasteiger partial charge < -0.3 is 10.6 Å². The third-order valence-corrected chi connectivity index (χ3v) is 2.66. The third-order valence-electron chi connectivity index (χ3n) is 2.47. The van der Waals surface area contributed by atoms with E-state index in [4.69, 9.17) is 17.3 Å². The summed E-state index contributed by atoms with van der Waals surface area (Å²) in [6.07, 6.45) is 1.50. The Balaban J connectivity index is 2.21. The maximum Gasteiger partial charge on any atom is 0.224 e. The minimum absolute atomic E-state index is 0.184. The monoisotopic (exact) mass is 263 g/mol. The van der Waals surface area contributed by atoms with E-state index in [9.17, 15) is 0 Å². The zero-order valence-electron chi connectivity index (χ0n) is 10.3. The molecule has 0 aliphatic rings. The molecule has 94 valence electrons. The molecule has 0 aromatic carbocycles. The van der Waals surface area contributed by atoms with Crippen molar-refractivity contribution in [2.75, 3.05) is 17.7 Å². The van der Waals surface area contributed by atoms with E-state index in [2.05, 4.69) is 15.0 Å². The fourth-order valence-electron chi connectivity index (χ4n) is 1.67. The van der Waals surface area contributed by atoms with E-state index in [1.54, 1.807) is 0 Å². The quantitative estimate of drug-likeness (QED) is 0.859. The highest BCUT2D eigenvalue weighted by Crippen LogP contribution is 2.21. The van der Waals surface area contributed by atoms with Crippen LogP contribution in [-0.2, 0) is 6.54 Å². The lowest BCUT2D eigenvalue weighted by molar-refractivity contribution is 0.857. The topological polar surface area (TPSA) is 67.9 Å². The van der Waals surface area contributed by atoms with Crippen LogP contribution in [0, 0.1) is 6.92 Å². The summed E-state index contributed by atoms with van der Waals surface area (Å²) in [5, 5.41) is 0.184. The van der Waals surface area contributed by atoms with Crippen LogP contribution in [0.4, 0.5) is 11.5 Å². The number of pyridine rings is 1. The number of aryl methyl sites for hydroxylation is 1. The first-order chi connectivity index (χ1) is 8.56. The van der Waals surface area contributed by atoms with Gasteiger partial charge in [0.1, 0.15) is 0 Å². The van der Waals surface area contributed by atoms with Gasteiger partial charge in [0.15, 0.2) is 5.82 Å². The van der Waals surface area contributed by atoms with E-state index < -0.39 is 0 Å². The van der Waals surface area contributed by atoms with Gasteiger partial charge in [-0.15, -0.1) is 0 Å². The van der Waals surface area contributed by atoms with Crippen molar-refractivity contribution >= 4 is 23.1 Å². The number of halogens is 1. The SMILES string of the molecule is Cc1cccc(CN(C)c2nc(Cl)ncc2N)n1. The zero-order chi connectivity index (χ0) is 13.1. The van der Waals surface area contributed by atoms with Gasteiger partial charge in [0, 0.05) is 12.7 Å². The van der Waals surface area contributed by atoms with Crippen LogP contribution in [0.15, 0.2) is 24.4 Å². The number of nitrogens with two attached hydrogens (primary N) is 1. The molecule has 2 rings (SSSR count). The molecule has 2 heterocycles. The lowest BCUT2D eigenvalue weighted by atomic mass is 10.3. The van der Waals surface area contributed by atoms with E-state index >= 15 is 0 Å². The van der Waals surface area contributed by atoms with Gasteiger partial charge >= 0.3 is 0 Å². The lowest BCUT2D eigenvalue weighted by Gasteiger charge is -2.19. The van der Waals surface area contributed by atoms with Crippen molar-refractivity contribution < 1.29 is 0 Å². The molecule has 18 heavy (non-hydrogen) atoms. The number of rotatable bonds is 3. The Labute approximate surface area is 111 Å². The summed E-state index contributed by atoms with van der Waals surface area (Å²) in [7, 11) is 1.89. The predicted molar refractivity (Wildman–Crippen MR) is 72.5 cm³/mol. The minimum atomic E-state index is 0.184. The summed E-state index contributed by atoms with van der Waals surface area (Å²) in [6.45, 7) is 2.57. The normalized spacial score (nSPS) is 10.4. The number of aromatic nitrogens is 3. The maximum atomic E-state index is 5.83. The molecule has 0 saturated carbocycles. The van der Waals surface area contributed by atoms with Crippen LogP contribution < -0.4 is 10.6 Å². The minimum Gasteiger partial charge on any atom is -0.394 e. The van der Waals surface area contributed by atoms with Crippen molar-refractivity contribution in [3.05, 3.63) is 41.1 Å². The molecule has 0 radical (unpaired) electrons. The van der Waals surface area contributed by atoms with Crippen LogP contribution in [0.1, 0.15) is 11.4 Å². The fraction of sp³-hybridized carbons (Fsp3) is 0.250. The highest BCUT2D eigenvalue weighted by atomic mass is 35.5. The van der Waals surface area contributed by atoms with Gasteiger partial charge in [0.25, 0.3) is 0 Å². The number of nitrogens with zero attached hydrogens (tertiary/aromatic N) is 4. The van der Waals surface area contributed by atoms with Gasteiger partial charge in [-0.05, 0) is 30.7 Å². The van der Waals surface area contributed by atoms with Crippen LogP contribution in [0.5, 0.6) is 0 Å². The number of anilines is 2. The number of hydrogen-bond acceptors (Lipinski definition) is 5. The highest BCUT2D eigenvalue weighted by molar-refractivity contribution is 6.28. The van der Waals surface area contributed by atoms with E-state index in [1.807, 2.05) is 37.1 Å². The Morgan fingerprint density at radius 3 is 2.83 bits per heavy atom. The van der Waals surface area contributed by atoms with Crippen LogP contribution in [0.2, 0.25) is 5.28 Å². The molecule has 6 heteroatoms. The Hall–Kier alpha value is -1.88. The predicted octanol–water partition coefficient (Wildman–Crippen LogP) is 2.05. The third kappa shape index (κ3) is 2.87. The second-order valence-corrected chi connectivity index (χ2v) is 4.38. The molecule has 0 spiro atoms. The first kappa shape index (κ1) is 12.6. The van der Waals surface area contributed by atoms with Gasteiger partial charge in [-0.2, -0.15) is 4.98 Å². The van der Waals surface area contributed by atoms with Crippen molar-refractivity contribution in [3.63, 3.8) is 0 Å². The molecular formula is C12H14ClN5. The number of hydrogen-bond donors (Lipinski definition) is 1. The Morgan fingerprint density at radius 2 is 2.11 bits per heavy atom. The average Bonchev–Trinajstić information content (AvgIpc) is 2.32. The average molecular weight is 264 g/mol. The van der Waals surface area contributed by atoms with Crippen molar-refractivity contribution in [1.82, 2.24) is 15.0 Å². The molecule has 2 aromatic heterocycles. The summed E-state index contributed by atoms with van der Waals surface area (Å²) in [5.74, 6) is 0.610. The zero-order valence-corrected chi connectivity index (χ0v) is 11.0. The first-order valence-corrected chi connectivity index (χ1v) is 5.86. The van der Waals surface area contributed by atoms with Crippen LogP contribution in [0.25, 0.3) is 0 Å². The van der Waals surface area contributed by atoms with Crippen LogP contribution in [0.3, 0.4) is 0 Å². The Kier molecular flexibility index (Phi) is 3.62. The lowest BCUT2D eigenvalue weighted by Crippen LogP contribution is -2.20.